The van der Waals surface area contributed by atoms with Gasteiger partial charge in [-0.15, -0.1) is 0 Å². The Hall–Kier alpha value is -2.05. The van der Waals surface area contributed by atoms with E-state index in [-0.39, 0.29) is 12.5 Å². The van der Waals surface area contributed by atoms with Crippen LogP contribution in [0.3, 0.4) is 0 Å². The van der Waals surface area contributed by atoms with Gasteiger partial charge in [-0.2, -0.15) is 0 Å². The minimum Gasteiger partial charge on any atom is -0.396 e. The van der Waals surface area contributed by atoms with Crippen molar-refractivity contribution < 1.29 is 9.90 Å². The molecule has 0 aliphatic heterocycles. The van der Waals surface area contributed by atoms with E-state index in [4.69, 9.17) is 16.7 Å². The highest BCUT2D eigenvalue weighted by molar-refractivity contribution is 6.29. The van der Waals surface area contributed by atoms with Gasteiger partial charge < -0.3 is 20.3 Å². The maximum atomic E-state index is 11.8. The molecule has 0 aliphatic rings. The highest BCUT2D eigenvalue weighted by atomic mass is 35.5. The molecule has 1 aromatic heterocycles. The summed E-state index contributed by atoms with van der Waals surface area (Å²) in [4.78, 5) is 16.0. The largest absolute Gasteiger partial charge is 0.396 e. The fourth-order valence-corrected chi connectivity index (χ4v) is 2.04. The number of amides is 1. The zero-order valence-corrected chi connectivity index (χ0v) is 13.1. The van der Waals surface area contributed by atoms with Crippen molar-refractivity contribution in [2.45, 2.75) is 13.0 Å². The summed E-state index contributed by atoms with van der Waals surface area (Å²) in [6, 6.07) is 7.18. The summed E-state index contributed by atoms with van der Waals surface area (Å²) in [6.07, 6.45) is 2.16. The molecule has 1 aromatic carbocycles. The van der Waals surface area contributed by atoms with Crippen molar-refractivity contribution >= 4 is 23.2 Å². The molecule has 118 valence electrons. The van der Waals surface area contributed by atoms with Crippen molar-refractivity contribution in [3.63, 3.8) is 0 Å². The number of halogens is 1. The van der Waals surface area contributed by atoms with Crippen molar-refractivity contribution in [1.29, 1.82) is 0 Å². The predicted molar refractivity (Wildman–Crippen MR) is 86.0 cm³/mol. The van der Waals surface area contributed by atoms with Gasteiger partial charge in [-0.1, -0.05) is 11.6 Å². The van der Waals surface area contributed by atoms with Crippen LogP contribution in [0.2, 0.25) is 5.15 Å². The van der Waals surface area contributed by atoms with E-state index in [9.17, 15) is 4.79 Å². The van der Waals surface area contributed by atoms with Gasteiger partial charge in [-0.25, -0.2) is 4.98 Å². The molecule has 0 bridgehead atoms. The van der Waals surface area contributed by atoms with Gasteiger partial charge in [0, 0.05) is 31.5 Å². The first-order valence-electron chi connectivity index (χ1n) is 7.01. The lowest BCUT2D eigenvalue weighted by molar-refractivity contribution is 0.0951. The van der Waals surface area contributed by atoms with Gasteiger partial charge in [-0.05, 0) is 30.7 Å². The molecule has 1 amide bonds. The topological polar surface area (TPSA) is 79.2 Å². The Morgan fingerprint density at radius 2 is 2.09 bits per heavy atom. The molecule has 6 nitrogen and oxygen atoms in total. The quantitative estimate of drug-likeness (QED) is 0.679. The molecule has 3 N–H and O–H groups in total. The summed E-state index contributed by atoms with van der Waals surface area (Å²) in [6.45, 7) is 1.08. The molecule has 0 spiro atoms. The number of carbonyl (C=O) groups is 1. The Balaban J connectivity index is 1.89. The number of nitrogens with one attached hydrogen (secondary N) is 2. The lowest BCUT2D eigenvalue weighted by atomic mass is 10.2. The number of rotatable bonds is 7. The summed E-state index contributed by atoms with van der Waals surface area (Å²) in [5.41, 5.74) is 1.48. The normalized spacial score (nSPS) is 10.5. The Labute approximate surface area is 134 Å². The van der Waals surface area contributed by atoms with Gasteiger partial charge in [0.15, 0.2) is 0 Å². The van der Waals surface area contributed by atoms with E-state index in [0.29, 0.717) is 30.2 Å². The van der Waals surface area contributed by atoms with Gasteiger partial charge in [0.1, 0.15) is 11.0 Å². The van der Waals surface area contributed by atoms with Crippen molar-refractivity contribution in [2.24, 2.45) is 7.05 Å². The molecule has 2 aromatic rings. The van der Waals surface area contributed by atoms with Crippen LogP contribution in [0, 0.1) is 0 Å². The smallest absolute Gasteiger partial charge is 0.251 e. The summed E-state index contributed by atoms with van der Waals surface area (Å²) < 4.78 is 1.80. The first kappa shape index (κ1) is 16.3. The van der Waals surface area contributed by atoms with Crippen molar-refractivity contribution in [3.8, 4) is 0 Å². The zero-order chi connectivity index (χ0) is 15.9. The van der Waals surface area contributed by atoms with Gasteiger partial charge in [0.05, 0.1) is 12.7 Å². The average Bonchev–Trinajstić information content (AvgIpc) is 2.85. The molecular weight excluding hydrogens is 304 g/mol. The summed E-state index contributed by atoms with van der Waals surface area (Å²) in [5, 5.41) is 15.2. The zero-order valence-electron chi connectivity index (χ0n) is 12.3. The molecule has 0 radical (unpaired) electrons. The van der Waals surface area contributed by atoms with Gasteiger partial charge in [-0.3, -0.25) is 4.79 Å². The number of hydrogen-bond acceptors (Lipinski definition) is 4. The Kier molecular flexibility index (Phi) is 5.80. The maximum absolute atomic E-state index is 11.8. The van der Waals surface area contributed by atoms with Crippen molar-refractivity contribution in [3.05, 3.63) is 47.0 Å². The third-order valence-corrected chi connectivity index (χ3v) is 3.60. The van der Waals surface area contributed by atoms with Crippen LogP contribution < -0.4 is 10.6 Å². The lowest BCUT2D eigenvalue weighted by Gasteiger charge is -2.08. The maximum Gasteiger partial charge on any atom is 0.251 e. The monoisotopic (exact) mass is 322 g/mol. The molecule has 1 heterocycles. The summed E-state index contributed by atoms with van der Waals surface area (Å²) in [5.74, 6) is 0.687. The number of aromatic nitrogens is 2. The SMILES string of the molecule is Cn1c(Cl)cnc1CNc1ccc(C(=O)NCCCO)cc1. The van der Waals surface area contributed by atoms with Crippen LogP contribution in [-0.4, -0.2) is 33.7 Å². The Morgan fingerprint density at radius 1 is 1.36 bits per heavy atom. The van der Waals surface area contributed by atoms with Crippen molar-refractivity contribution in [1.82, 2.24) is 14.9 Å². The first-order valence-corrected chi connectivity index (χ1v) is 7.38. The van der Waals surface area contributed by atoms with Gasteiger partial charge in [0.25, 0.3) is 5.91 Å². The number of imidazole rings is 1. The number of aliphatic hydroxyl groups is 1. The highest BCUT2D eigenvalue weighted by Gasteiger charge is 2.06. The van der Waals surface area contributed by atoms with E-state index in [0.717, 1.165) is 11.5 Å². The van der Waals surface area contributed by atoms with E-state index in [2.05, 4.69) is 15.6 Å². The number of anilines is 1. The number of aliphatic hydroxyl groups excluding tert-OH is 1. The van der Waals surface area contributed by atoms with E-state index < -0.39 is 0 Å². The number of benzene rings is 1. The van der Waals surface area contributed by atoms with Crippen LogP contribution in [0.4, 0.5) is 5.69 Å². The number of carbonyl (C=O) groups excluding carboxylic acids is 1. The molecule has 0 unspecified atom stereocenters. The van der Waals surface area contributed by atoms with E-state index in [1.165, 1.54) is 0 Å². The van der Waals surface area contributed by atoms with Crippen LogP contribution in [0.25, 0.3) is 0 Å². The van der Waals surface area contributed by atoms with Crippen molar-refractivity contribution in [2.75, 3.05) is 18.5 Å². The molecule has 0 fully saturated rings. The average molecular weight is 323 g/mol. The molecular formula is C15H19ClN4O2. The highest BCUT2D eigenvalue weighted by Crippen LogP contribution is 2.13. The molecule has 22 heavy (non-hydrogen) atoms. The van der Waals surface area contributed by atoms with Crippen LogP contribution in [0.1, 0.15) is 22.6 Å². The molecule has 2 rings (SSSR count). The van der Waals surface area contributed by atoms with E-state index in [1.54, 1.807) is 22.9 Å². The second-order valence-electron chi connectivity index (χ2n) is 4.82. The first-order chi connectivity index (χ1) is 10.6. The Morgan fingerprint density at radius 3 is 2.68 bits per heavy atom. The minimum atomic E-state index is -0.143. The fraction of sp³-hybridized carbons (Fsp3) is 0.333. The molecule has 7 heteroatoms. The summed E-state index contributed by atoms with van der Waals surface area (Å²) in [7, 11) is 1.85. The molecule has 0 aliphatic carbocycles. The Bertz CT molecular complexity index is 625. The fourth-order valence-electron chi connectivity index (χ4n) is 1.89. The van der Waals surface area contributed by atoms with E-state index in [1.807, 2.05) is 19.2 Å². The molecule has 0 atom stereocenters. The van der Waals surface area contributed by atoms with Crippen LogP contribution in [-0.2, 0) is 13.6 Å². The number of hydrogen-bond donors (Lipinski definition) is 3. The standard InChI is InChI=1S/C15H19ClN4O2/c1-20-13(16)9-19-14(20)10-18-12-5-3-11(4-6-12)15(22)17-7-2-8-21/h3-6,9,18,21H,2,7-8,10H2,1H3,(H,17,22). The molecule has 0 saturated carbocycles. The van der Waals surface area contributed by atoms with E-state index >= 15 is 0 Å². The third kappa shape index (κ3) is 4.22. The summed E-state index contributed by atoms with van der Waals surface area (Å²) >= 11 is 5.93. The van der Waals surface area contributed by atoms with Gasteiger partial charge in [0.2, 0.25) is 0 Å². The second-order valence-corrected chi connectivity index (χ2v) is 5.21. The van der Waals surface area contributed by atoms with Crippen LogP contribution in [0.5, 0.6) is 0 Å². The molecule has 0 saturated heterocycles. The third-order valence-electron chi connectivity index (χ3n) is 3.25. The van der Waals surface area contributed by atoms with Gasteiger partial charge >= 0.3 is 0 Å². The van der Waals surface area contributed by atoms with Crippen LogP contribution in [0.15, 0.2) is 30.5 Å². The number of nitrogens with zero attached hydrogens (tertiary/aromatic N) is 2. The lowest BCUT2D eigenvalue weighted by Crippen LogP contribution is -2.24. The predicted octanol–water partition coefficient (Wildman–Crippen LogP) is 1.80. The minimum absolute atomic E-state index is 0.0698. The van der Waals surface area contributed by atoms with Crippen LogP contribution >= 0.6 is 11.6 Å². The second kappa shape index (κ2) is 7.82.